The minimum Gasteiger partial charge on any atom is -0.496 e. The number of benzene rings is 2. The molecule has 2 aromatic carbocycles. The zero-order chi connectivity index (χ0) is 20.1. The summed E-state index contributed by atoms with van der Waals surface area (Å²) in [5.41, 5.74) is -0.627. The summed E-state index contributed by atoms with van der Waals surface area (Å²) in [5.74, 6) is -0.0644. The van der Waals surface area contributed by atoms with Crippen molar-refractivity contribution in [2.45, 2.75) is 11.4 Å². The molecule has 28 heavy (non-hydrogen) atoms. The van der Waals surface area contributed by atoms with Gasteiger partial charge in [0.25, 0.3) is 11.1 Å². The van der Waals surface area contributed by atoms with Gasteiger partial charge in [-0.3, -0.25) is 4.79 Å². The number of carbonyl (C=O) groups excluding carboxylic acids is 1. The molecule has 0 fully saturated rings. The van der Waals surface area contributed by atoms with Crippen molar-refractivity contribution in [3.8, 4) is 17.2 Å². The van der Waals surface area contributed by atoms with Crippen LogP contribution >= 0.6 is 11.8 Å². The van der Waals surface area contributed by atoms with Crippen molar-refractivity contribution in [3.63, 3.8) is 0 Å². The Morgan fingerprint density at radius 3 is 2.61 bits per heavy atom. The highest BCUT2D eigenvalue weighted by Gasteiger charge is 2.33. The maximum atomic E-state index is 13.0. The van der Waals surface area contributed by atoms with Crippen LogP contribution in [-0.4, -0.2) is 29.0 Å². The standard InChI is InChI=1S/C18H14F3N3O3S/c1-26-14-9-5-2-6-11(14)16-23-24-17(27-16)28-10-15(25)22-13-8-4-3-7-12(13)18(19,20)21/h2-9H,10H2,1H3,(H,22,25). The number of nitrogens with zero attached hydrogens (tertiary/aromatic N) is 2. The van der Waals surface area contributed by atoms with Crippen molar-refractivity contribution in [1.29, 1.82) is 0 Å². The van der Waals surface area contributed by atoms with E-state index in [-0.39, 0.29) is 22.6 Å². The summed E-state index contributed by atoms with van der Waals surface area (Å²) < 4.78 is 49.6. The lowest BCUT2D eigenvalue weighted by atomic mass is 10.1. The summed E-state index contributed by atoms with van der Waals surface area (Å²) in [6, 6.07) is 11.8. The fraction of sp³-hybridized carbons (Fsp3) is 0.167. The monoisotopic (exact) mass is 409 g/mol. The second kappa shape index (κ2) is 8.34. The van der Waals surface area contributed by atoms with Crippen molar-refractivity contribution < 1.29 is 27.1 Å². The Labute approximate surface area is 162 Å². The summed E-state index contributed by atoms with van der Waals surface area (Å²) in [4.78, 5) is 12.0. The number of hydrogen-bond acceptors (Lipinski definition) is 6. The van der Waals surface area contributed by atoms with Crippen LogP contribution in [0.25, 0.3) is 11.5 Å². The van der Waals surface area contributed by atoms with E-state index in [4.69, 9.17) is 9.15 Å². The molecule has 0 atom stereocenters. The third kappa shape index (κ3) is 4.63. The molecule has 146 valence electrons. The Morgan fingerprint density at radius 1 is 1.14 bits per heavy atom. The average Bonchev–Trinajstić information content (AvgIpc) is 3.15. The number of nitrogens with one attached hydrogen (secondary N) is 1. The Hall–Kier alpha value is -3.01. The summed E-state index contributed by atoms with van der Waals surface area (Å²) in [5, 5.41) is 10.1. The number of hydrogen-bond donors (Lipinski definition) is 1. The number of rotatable bonds is 6. The molecule has 1 aromatic heterocycles. The fourth-order valence-electron chi connectivity index (χ4n) is 2.35. The number of amides is 1. The lowest BCUT2D eigenvalue weighted by molar-refractivity contribution is -0.137. The number of ether oxygens (including phenoxy) is 1. The second-order valence-electron chi connectivity index (χ2n) is 5.45. The van der Waals surface area contributed by atoms with Crippen LogP contribution in [0, 0.1) is 0 Å². The van der Waals surface area contributed by atoms with E-state index < -0.39 is 17.6 Å². The van der Waals surface area contributed by atoms with Crippen LogP contribution in [0.3, 0.4) is 0 Å². The normalized spacial score (nSPS) is 11.3. The molecule has 0 bridgehead atoms. The van der Waals surface area contributed by atoms with Gasteiger partial charge in [0.05, 0.1) is 29.7 Å². The summed E-state index contributed by atoms with van der Waals surface area (Å²) in [6.07, 6.45) is -4.56. The van der Waals surface area contributed by atoms with Crippen LogP contribution < -0.4 is 10.1 Å². The Kier molecular flexibility index (Phi) is 5.88. The first-order chi connectivity index (χ1) is 13.4. The Morgan fingerprint density at radius 2 is 1.86 bits per heavy atom. The van der Waals surface area contributed by atoms with Gasteiger partial charge in [-0.25, -0.2) is 0 Å². The van der Waals surface area contributed by atoms with Crippen LogP contribution in [0.15, 0.2) is 58.2 Å². The molecule has 1 N–H and O–H groups in total. The van der Waals surface area contributed by atoms with E-state index in [9.17, 15) is 18.0 Å². The predicted molar refractivity (Wildman–Crippen MR) is 97.1 cm³/mol. The van der Waals surface area contributed by atoms with Gasteiger partial charge < -0.3 is 14.5 Å². The highest BCUT2D eigenvalue weighted by Crippen LogP contribution is 2.35. The van der Waals surface area contributed by atoms with Gasteiger partial charge in [-0.05, 0) is 24.3 Å². The fourth-order valence-corrected chi connectivity index (χ4v) is 2.91. The largest absolute Gasteiger partial charge is 0.496 e. The maximum absolute atomic E-state index is 13.0. The molecule has 3 aromatic rings. The van der Waals surface area contributed by atoms with Crippen molar-refractivity contribution in [1.82, 2.24) is 10.2 Å². The molecule has 0 radical (unpaired) electrons. The first-order valence-electron chi connectivity index (χ1n) is 7.94. The molecule has 0 aliphatic heterocycles. The molecular formula is C18H14F3N3O3S. The summed E-state index contributed by atoms with van der Waals surface area (Å²) >= 11 is 0.916. The van der Waals surface area contributed by atoms with Crippen LogP contribution in [0.4, 0.5) is 18.9 Å². The van der Waals surface area contributed by atoms with E-state index in [0.717, 1.165) is 17.8 Å². The highest BCUT2D eigenvalue weighted by molar-refractivity contribution is 7.99. The van der Waals surface area contributed by atoms with Crippen LogP contribution in [0.1, 0.15) is 5.56 Å². The lowest BCUT2D eigenvalue weighted by Gasteiger charge is -2.13. The van der Waals surface area contributed by atoms with Gasteiger partial charge in [-0.2, -0.15) is 13.2 Å². The van der Waals surface area contributed by atoms with Gasteiger partial charge in [0.1, 0.15) is 5.75 Å². The Balaban J connectivity index is 1.64. The van der Waals surface area contributed by atoms with Gasteiger partial charge in [0.2, 0.25) is 5.91 Å². The minimum atomic E-state index is -4.56. The van der Waals surface area contributed by atoms with Crippen molar-refractivity contribution >= 4 is 23.4 Å². The smallest absolute Gasteiger partial charge is 0.418 e. The summed E-state index contributed by atoms with van der Waals surface area (Å²) in [7, 11) is 1.51. The number of carbonyl (C=O) groups is 1. The molecule has 0 saturated carbocycles. The number of halogens is 3. The van der Waals surface area contributed by atoms with E-state index in [1.807, 2.05) is 0 Å². The minimum absolute atomic E-state index is 0.111. The van der Waals surface area contributed by atoms with Gasteiger partial charge in [-0.15, -0.1) is 10.2 Å². The number of aromatic nitrogens is 2. The Bertz CT molecular complexity index is 976. The highest BCUT2D eigenvalue weighted by atomic mass is 32.2. The molecule has 10 heteroatoms. The van der Waals surface area contributed by atoms with Crippen LogP contribution in [0.5, 0.6) is 5.75 Å². The van der Waals surface area contributed by atoms with E-state index in [1.165, 1.54) is 25.3 Å². The van der Waals surface area contributed by atoms with Crippen molar-refractivity contribution in [2.75, 3.05) is 18.2 Å². The molecular weight excluding hydrogens is 395 g/mol. The number of para-hydroxylation sites is 2. The zero-order valence-corrected chi connectivity index (χ0v) is 15.3. The summed E-state index contributed by atoms with van der Waals surface area (Å²) in [6.45, 7) is 0. The number of thioether (sulfide) groups is 1. The number of methoxy groups -OCH3 is 1. The van der Waals surface area contributed by atoms with E-state index in [1.54, 1.807) is 24.3 Å². The number of anilines is 1. The first-order valence-corrected chi connectivity index (χ1v) is 8.93. The topological polar surface area (TPSA) is 77.2 Å². The molecule has 6 nitrogen and oxygen atoms in total. The molecule has 0 aliphatic rings. The molecule has 1 heterocycles. The van der Waals surface area contributed by atoms with Crippen molar-refractivity contribution in [2.24, 2.45) is 0 Å². The third-order valence-electron chi connectivity index (χ3n) is 3.58. The second-order valence-corrected chi connectivity index (χ2v) is 6.38. The van der Waals surface area contributed by atoms with Gasteiger partial charge in [-0.1, -0.05) is 36.0 Å². The molecule has 0 aliphatic carbocycles. The molecule has 0 saturated heterocycles. The molecule has 0 spiro atoms. The van der Waals surface area contributed by atoms with Gasteiger partial charge >= 0.3 is 6.18 Å². The molecule has 3 rings (SSSR count). The first kappa shape index (κ1) is 19.7. The maximum Gasteiger partial charge on any atom is 0.418 e. The van der Waals surface area contributed by atoms with E-state index in [0.29, 0.717) is 11.3 Å². The molecule has 1 amide bonds. The quantitative estimate of drug-likeness (QED) is 0.605. The lowest BCUT2D eigenvalue weighted by Crippen LogP contribution is -2.18. The average molecular weight is 409 g/mol. The van der Waals surface area contributed by atoms with Gasteiger partial charge in [0, 0.05) is 0 Å². The van der Waals surface area contributed by atoms with Gasteiger partial charge in [0.15, 0.2) is 0 Å². The molecule has 0 unspecified atom stereocenters. The van der Waals surface area contributed by atoms with E-state index >= 15 is 0 Å². The van der Waals surface area contributed by atoms with Crippen LogP contribution in [0.2, 0.25) is 0 Å². The number of alkyl halides is 3. The van der Waals surface area contributed by atoms with Crippen LogP contribution in [-0.2, 0) is 11.0 Å². The van der Waals surface area contributed by atoms with Crippen molar-refractivity contribution in [3.05, 3.63) is 54.1 Å². The SMILES string of the molecule is COc1ccccc1-c1nnc(SCC(=O)Nc2ccccc2C(F)(F)F)o1. The predicted octanol–water partition coefficient (Wildman–Crippen LogP) is 4.49. The zero-order valence-electron chi connectivity index (χ0n) is 14.5. The third-order valence-corrected chi connectivity index (χ3v) is 4.40. The van der Waals surface area contributed by atoms with E-state index in [2.05, 4.69) is 15.5 Å².